The number of hydrogen-bond donors (Lipinski definition) is 0. The molecule has 1 aliphatic heterocycles. The molecule has 1 aromatic carbocycles. The Bertz CT molecular complexity index is 459. The molecule has 1 fully saturated rings. The van der Waals surface area contributed by atoms with Crippen molar-refractivity contribution in [2.75, 3.05) is 27.9 Å². The van der Waals surface area contributed by atoms with Gasteiger partial charge in [-0.1, -0.05) is 18.2 Å². The highest BCUT2D eigenvalue weighted by molar-refractivity contribution is 5.89. The zero-order valence-corrected chi connectivity index (χ0v) is 13.1. The smallest absolute Gasteiger partial charge is 0.338 e. The number of carbonyl (C=O) groups is 1. The van der Waals surface area contributed by atoms with E-state index in [0.29, 0.717) is 12.0 Å². The minimum Gasteiger partial charge on any atom is -0.459 e. The summed E-state index contributed by atoms with van der Waals surface area (Å²) in [6, 6.07) is 8.84. The Kier molecular flexibility index (Phi) is 6.33. The van der Waals surface area contributed by atoms with Gasteiger partial charge in [0.1, 0.15) is 12.7 Å². The first-order valence-corrected chi connectivity index (χ1v) is 7.15. The summed E-state index contributed by atoms with van der Waals surface area (Å²) in [5.41, 5.74) is 0.510. The van der Waals surface area contributed by atoms with Crippen molar-refractivity contribution in [2.45, 2.75) is 25.1 Å². The lowest BCUT2D eigenvalue weighted by Gasteiger charge is -2.24. The molecule has 0 aromatic heterocycles. The summed E-state index contributed by atoms with van der Waals surface area (Å²) >= 11 is 0. The van der Waals surface area contributed by atoms with Crippen molar-refractivity contribution in [3.8, 4) is 0 Å². The first-order valence-electron chi connectivity index (χ1n) is 7.15. The summed E-state index contributed by atoms with van der Waals surface area (Å²) < 4.78 is 26.9. The van der Waals surface area contributed by atoms with Crippen LogP contribution in [0.4, 0.5) is 0 Å². The summed E-state index contributed by atoms with van der Waals surface area (Å²) in [4.78, 5) is 12.0. The van der Waals surface area contributed by atoms with Gasteiger partial charge in [-0.05, 0) is 12.1 Å². The topological polar surface area (TPSA) is 63.2 Å². The van der Waals surface area contributed by atoms with Gasteiger partial charge in [-0.2, -0.15) is 0 Å². The number of esters is 1. The van der Waals surface area contributed by atoms with Crippen molar-refractivity contribution in [1.29, 1.82) is 0 Å². The Labute approximate surface area is 130 Å². The summed E-state index contributed by atoms with van der Waals surface area (Å²) in [6.45, 7) is 0.126. The molecular weight excluding hydrogens is 288 g/mol. The predicted octanol–water partition coefficient (Wildman–Crippen LogP) is 1.84. The third-order valence-electron chi connectivity index (χ3n) is 3.73. The lowest BCUT2D eigenvalue weighted by molar-refractivity contribution is -0.160. The van der Waals surface area contributed by atoms with Crippen LogP contribution in [0.3, 0.4) is 0 Å². The van der Waals surface area contributed by atoms with Gasteiger partial charge in [-0.15, -0.1) is 0 Å². The second-order valence-corrected chi connectivity index (χ2v) is 5.04. The zero-order valence-electron chi connectivity index (χ0n) is 13.1. The second-order valence-electron chi connectivity index (χ2n) is 5.04. The third-order valence-corrected chi connectivity index (χ3v) is 3.73. The van der Waals surface area contributed by atoms with Crippen LogP contribution in [0, 0.1) is 5.92 Å². The van der Waals surface area contributed by atoms with Crippen molar-refractivity contribution >= 4 is 5.97 Å². The van der Waals surface area contributed by atoms with Gasteiger partial charge >= 0.3 is 5.97 Å². The molecule has 0 radical (unpaired) electrons. The number of hydrogen-bond acceptors (Lipinski definition) is 6. The summed E-state index contributed by atoms with van der Waals surface area (Å²) in [5.74, 6) is -0.446. The van der Waals surface area contributed by atoms with Gasteiger partial charge in [0.15, 0.2) is 12.6 Å². The third kappa shape index (κ3) is 4.04. The molecule has 1 aliphatic rings. The van der Waals surface area contributed by atoms with Crippen LogP contribution >= 0.6 is 0 Å². The highest BCUT2D eigenvalue weighted by Gasteiger charge is 2.41. The van der Waals surface area contributed by atoms with E-state index in [1.165, 1.54) is 0 Å². The molecule has 0 spiro atoms. The Balaban J connectivity index is 1.95. The minimum absolute atomic E-state index is 0.0662. The molecule has 0 N–H and O–H groups in total. The number of carbonyl (C=O) groups excluding carboxylic acids is 1. The van der Waals surface area contributed by atoms with Gasteiger partial charge in [0.05, 0.1) is 5.56 Å². The maximum absolute atomic E-state index is 12.0. The number of methoxy groups -OCH3 is 3. The minimum atomic E-state index is -0.430. The average molecular weight is 310 g/mol. The standard InChI is InChI=1S/C16H22O6/c1-18-14-9-12(16(19-2)20-3)13(22-14)10-21-15(17)11-7-5-4-6-8-11/h4-8,12-14,16H,9-10H2,1-3H3/t12-,13-,14?/m0/s1. The maximum atomic E-state index is 12.0. The Hall–Kier alpha value is -1.47. The fourth-order valence-corrected chi connectivity index (χ4v) is 2.59. The molecule has 1 aromatic rings. The first kappa shape index (κ1) is 16.9. The van der Waals surface area contributed by atoms with Crippen LogP contribution in [-0.4, -0.2) is 52.6 Å². The second kappa shape index (κ2) is 8.24. The van der Waals surface area contributed by atoms with Gasteiger partial charge in [-0.3, -0.25) is 0 Å². The molecule has 122 valence electrons. The lowest BCUT2D eigenvalue weighted by Crippen LogP contribution is -2.34. The van der Waals surface area contributed by atoms with E-state index in [1.807, 2.05) is 6.07 Å². The molecule has 0 bridgehead atoms. The first-order chi connectivity index (χ1) is 10.7. The van der Waals surface area contributed by atoms with Gasteiger partial charge in [0.2, 0.25) is 0 Å². The van der Waals surface area contributed by atoms with Crippen molar-refractivity contribution in [3.05, 3.63) is 35.9 Å². The van der Waals surface area contributed by atoms with Crippen molar-refractivity contribution in [1.82, 2.24) is 0 Å². The molecule has 6 nitrogen and oxygen atoms in total. The van der Waals surface area contributed by atoms with Crippen LogP contribution in [0.5, 0.6) is 0 Å². The van der Waals surface area contributed by atoms with Gasteiger partial charge in [0.25, 0.3) is 0 Å². The molecule has 6 heteroatoms. The van der Waals surface area contributed by atoms with Crippen molar-refractivity contribution in [2.24, 2.45) is 5.92 Å². The summed E-state index contributed by atoms with van der Waals surface area (Å²) in [7, 11) is 4.72. The normalized spacial score (nSPS) is 24.6. The molecule has 2 rings (SSSR count). The van der Waals surface area contributed by atoms with Crippen LogP contribution < -0.4 is 0 Å². The molecule has 22 heavy (non-hydrogen) atoms. The molecular formula is C16H22O6. The van der Waals surface area contributed by atoms with Crippen molar-refractivity contribution < 1.29 is 28.5 Å². The highest BCUT2D eigenvalue weighted by atomic mass is 16.7. The van der Waals surface area contributed by atoms with E-state index in [9.17, 15) is 4.79 Å². The number of benzene rings is 1. The van der Waals surface area contributed by atoms with E-state index in [0.717, 1.165) is 0 Å². The van der Waals surface area contributed by atoms with E-state index >= 15 is 0 Å². The molecule has 0 saturated carbocycles. The largest absolute Gasteiger partial charge is 0.459 e. The van der Waals surface area contributed by atoms with Crippen LogP contribution in [0.15, 0.2) is 30.3 Å². The van der Waals surface area contributed by atoms with Crippen LogP contribution in [0.1, 0.15) is 16.8 Å². The Morgan fingerprint density at radius 3 is 2.50 bits per heavy atom. The Morgan fingerprint density at radius 2 is 1.91 bits per heavy atom. The zero-order chi connectivity index (χ0) is 15.9. The van der Waals surface area contributed by atoms with E-state index in [1.54, 1.807) is 45.6 Å². The van der Waals surface area contributed by atoms with E-state index in [-0.39, 0.29) is 30.9 Å². The van der Waals surface area contributed by atoms with E-state index in [4.69, 9.17) is 23.7 Å². The quantitative estimate of drug-likeness (QED) is 0.566. The summed E-state index contributed by atoms with van der Waals surface area (Å²) in [5, 5.41) is 0. The summed E-state index contributed by atoms with van der Waals surface area (Å²) in [6.07, 6.45) is -0.488. The molecule has 0 amide bonds. The van der Waals surface area contributed by atoms with Crippen molar-refractivity contribution in [3.63, 3.8) is 0 Å². The molecule has 1 heterocycles. The maximum Gasteiger partial charge on any atom is 0.338 e. The molecule has 0 aliphatic carbocycles. The average Bonchev–Trinajstić information content (AvgIpc) is 2.98. The van der Waals surface area contributed by atoms with Gasteiger partial charge in [0, 0.05) is 33.7 Å². The monoisotopic (exact) mass is 310 g/mol. The van der Waals surface area contributed by atoms with Gasteiger partial charge in [-0.25, -0.2) is 4.79 Å². The molecule has 3 atom stereocenters. The fourth-order valence-electron chi connectivity index (χ4n) is 2.59. The number of ether oxygens (including phenoxy) is 5. The van der Waals surface area contributed by atoms with Gasteiger partial charge < -0.3 is 23.7 Å². The SMILES string of the molecule is COC1C[C@H](C(OC)OC)[C@H](COC(=O)c2ccccc2)O1. The fraction of sp³-hybridized carbons (Fsp3) is 0.562. The van der Waals surface area contributed by atoms with E-state index in [2.05, 4.69) is 0 Å². The van der Waals surface area contributed by atoms with Crippen LogP contribution in [-0.2, 0) is 23.7 Å². The molecule has 1 saturated heterocycles. The Morgan fingerprint density at radius 1 is 1.23 bits per heavy atom. The number of rotatable bonds is 7. The van der Waals surface area contributed by atoms with E-state index < -0.39 is 6.29 Å². The van der Waals surface area contributed by atoms with Crippen LogP contribution in [0.2, 0.25) is 0 Å². The molecule has 1 unspecified atom stereocenters. The predicted molar refractivity (Wildman–Crippen MR) is 78.3 cm³/mol. The lowest BCUT2D eigenvalue weighted by atomic mass is 10.0. The van der Waals surface area contributed by atoms with Crippen LogP contribution in [0.25, 0.3) is 0 Å². The highest BCUT2D eigenvalue weighted by Crippen LogP contribution is 2.31.